The molecule has 0 saturated carbocycles. The SMILES string of the molecule is c1ccc(-c2cccc(N(c3ccc4ccc5ccc6nc(-c7ccccc7)c(-c7ccccc7)nc6c5c4c3)c3cccc4ccccc34)c2)cc1. The number of hydrogen-bond donors (Lipinski definition) is 0. The van der Waals surface area contributed by atoms with Crippen LogP contribution < -0.4 is 4.90 Å². The van der Waals surface area contributed by atoms with E-state index in [4.69, 9.17) is 9.97 Å². The number of nitrogens with zero attached hydrogens (tertiary/aromatic N) is 3. The average Bonchev–Trinajstić information content (AvgIpc) is 3.24. The van der Waals surface area contributed by atoms with Gasteiger partial charge in [-0.25, -0.2) is 9.97 Å². The summed E-state index contributed by atoms with van der Waals surface area (Å²) in [5.41, 5.74) is 11.2. The van der Waals surface area contributed by atoms with Crippen LogP contribution in [-0.4, -0.2) is 9.97 Å². The number of benzene rings is 9. The third kappa shape index (κ3) is 5.47. The highest BCUT2D eigenvalue weighted by atomic mass is 15.1. The number of aromatic nitrogens is 2. The summed E-state index contributed by atoms with van der Waals surface area (Å²) < 4.78 is 0. The summed E-state index contributed by atoms with van der Waals surface area (Å²) >= 11 is 0. The molecule has 0 atom stereocenters. The van der Waals surface area contributed by atoms with Gasteiger partial charge in [0.1, 0.15) is 0 Å². The van der Waals surface area contributed by atoms with E-state index in [0.717, 1.165) is 72.2 Å². The molecule has 248 valence electrons. The maximum atomic E-state index is 5.50. The monoisotopic (exact) mass is 675 g/mol. The van der Waals surface area contributed by atoms with E-state index in [9.17, 15) is 0 Å². The fraction of sp³-hybridized carbons (Fsp3) is 0. The zero-order valence-electron chi connectivity index (χ0n) is 28.9. The third-order valence-corrected chi connectivity index (χ3v) is 10.2. The van der Waals surface area contributed by atoms with Gasteiger partial charge in [-0.15, -0.1) is 0 Å². The largest absolute Gasteiger partial charge is 0.310 e. The first-order valence-corrected chi connectivity index (χ1v) is 18.0. The first kappa shape index (κ1) is 30.7. The van der Waals surface area contributed by atoms with E-state index < -0.39 is 0 Å². The van der Waals surface area contributed by atoms with Crippen molar-refractivity contribution in [3.05, 3.63) is 200 Å². The smallest absolute Gasteiger partial charge is 0.0979 e. The summed E-state index contributed by atoms with van der Waals surface area (Å²) in [4.78, 5) is 13.2. The molecule has 3 nitrogen and oxygen atoms in total. The normalized spacial score (nSPS) is 11.4. The predicted octanol–water partition coefficient (Wildman–Crippen LogP) is 13.6. The van der Waals surface area contributed by atoms with Gasteiger partial charge in [0, 0.05) is 33.3 Å². The lowest BCUT2D eigenvalue weighted by atomic mass is 9.98. The number of fused-ring (bicyclic) bond motifs is 6. The molecule has 1 aromatic heterocycles. The third-order valence-electron chi connectivity index (χ3n) is 10.2. The fourth-order valence-corrected chi connectivity index (χ4v) is 7.66. The van der Waals surface area contributed by atoms with Crippen molar-refractivity contribution in [2.45, 2.75) is 0 Å². The Kier molecular flexibility index (Phi) is 7.47. The second-order valence-electron chi connectivity index (χ2n) is 13.4. The molecule has 0 unspecified atom stereocenters. The lowest BCUT2D eigenvalue weighted by Crippen LogP contribution is -2.10. The van der Waals surface area contributed by atoms with Gasteiger partial charge in [0.05, 0.1) is 28.1 Å². The molecule has 9 aromatic carbocycles. The van der Waals surface area contributed by atoms with E-state index >= 15 is 0 Å². The molecule has 0 radical (unpaired) electrons. The summed E-state index contributed by atoms with van der Waals surface area (Å²) in [6, 6.07) is 71.0. The fourth-order valence-electron chi connectivity index (χ4n) is 7.66. The Morgan fingerprint density at radius 3 is 1.66 bits per heavy atom. The molecule has 0 aliphatic rings. The number of rotatable bonds is 6. The van der Waals surface area contributed by atoms with Gasteiger partial charge >= 0.3 is 0 Å². The van der Waals surface area contributed by atoms with Gasteiger partial charge in [-0.1, -0.05) is 164 Å². The summed E-state index contributed by atoms with van der Waals surface area (Å²) in [6.45, 7) is 0. The van der Waals surface area contributed by atoms with Gasteiger partial charge in [-0.2, -0.15) is 0 Å². The maximum Gasteiger partial charge on any atom is 0.0979 e. The van der Waals surface area contributed by atoms with Crippen LogP contribution in [-0.2, 0) is 0 Å². The Balaban J connectivity index is 1.25. The van der Waals surface area contributed by atoms with E-state index in [2.05, 4.69) is 193 Å². The highest BCUT2D eigenvalue weighted by molar-refractivity contribution is 6.19. The summed E-state index contributed by atoms with van der Waals surface area (Å²) in [5.74, 6) is 0. The van der Waals surface area contributed by atoms with Crippen LogP contribution in [0.3, 0.4) is 0 Å². The Morgan fingerprint density at radius 2 is 0.887 bits per heavy atom. The van der Waals surface area contributed by atoms with Crippen LogP contribution in [0.15, 0.2) is 200 Å². The van der Waals surface area contributed by atoms with Crippen LogP contribution in [0.5, 0.6) is 0 Å². The molecule has 0 saturated heterocycles. The van der Waals surface area contributed by atoms with E-state index in [1.54, 1.807) is 0 Å². The Morgan fingerprint density at radius 1 is 0.340 bits per heavy atom. The first-order chi connectivity index (χ1) is 26.3. The van der Waals surface area contributed by atoms with Gasteiger partial charge in [-0.05, 0) is 69.1 Å². The molecule has 1 heterocycles. The Bertz CT molecular complexity index is 2930. The van der Waals surface area contributed by atoms with Crippen molar-refractivity contribution in [3.63, 3.8) is 0 Å². The highest BCUT2D eigenvalue weighted by Gasteiger charge is 2.19. The molecule has 10 rings (SSSR count). The van der Waals surface area contributed by atoms with Crippen molar-refractivity contribution in [2.75, 3.05) is 4.90 Å². The molecule has 0 amide bonds. The van der Waals surface area contributed by atoms with Gasteiger partial charge in [0.2, 0.25) is 0 Å². The van der Waals surface area contributed by atoms with Crippen molar-refractivity contribution in [1.82, 2.24) is 9.97 Å². The predicted molar refractivity (Wildman–Crippen MR) is 223 cm³/mol. The standard InChI is InChI=1S/C50H33N3/c1-4-14-34(15-5-1)40-22-12-23-41(32-40)53(46-25-13-21-35-16-10-11-24-43(35)46)42-30-28-36-26-27-37-29-31-45-50(47(37)44(36)33-42)52-49(39-19-8-3-9-20-39)48(51-45)38-17-6-2-7-18-38/h1-33H. The molecule has 10 aromatic rings. The zero-order chi connectivity index (χ0) is 35.1. The maximum absolute atomic E-state index is 5.50. The van der Waals surface area contributed by atoms with Crippen molar-refractivity contribution in [2.24, 2.45) is 0 Å². The lowest BCUT2D eigenvalue weighted by molar-refractivity contribution is 1.30. The minimum Gasteiger partial charge on any atom is -0.310 e. The second kappa shape index (κ2) is 12.9. The van der Waals surface area contributed by atoms with Gasteiger partial charge in [-0.3, -0.25) is 0 Å². The molecular weight excluding hydrogens is 643 g/mol. The van der Waals surface area contributed by atoms with Crippen LogP contribution in [0.4, 0.5) is 17.1 Å². The molecule has 0 fully saturated rings. The molecule has 3 heteroatoms. The van der Waals surface area contributed by atoms with Crippen molar-refractivity contribution >= 4 is 60.4 Å². The molecule has 0 bridgehead atoms. The molecular formula is C50H33N3. The van der Waals surface area contributed by atoms with Crippen LogP contribution >= 0.6 is 0 Å². The number of anilines is 3. The topological polar surface area (TPSA) is 29.0 Å². The van der Waals surface area contributed by atoms with E-state index in [-0.39, 0.29) is 0 Å². The molecule has 0 spiro atoms. The van der Waals surface area contributed by atoms with Gasteiger partial charge in [0.25, 0.3) is 0 Å². The van der Waals surface area contributed by atoms with Gasteiger partial charge in [0.15, 0.2) is 0 Å². The van der Waals surface area contributed by atoms with E-state index in [1.807, 2.05) is 12.1 Å². The molecule has 53 heavy (non-hydrogen) atoms. The van der Waals surface area contributed by atoms with Gasteiger partial charge < -0.3 is 4.90 Å². The van der Waals surface area contributed by atoms with Crippen molar-refractivity contribution < 1.29 is 0 Å². The van der Waals surface area contributed by atoms with Crippen LogP contribution in [0.2, 0.25) is 0 Å². The minimum atomic E-state index is 0.871. The first-order valence-electron chi connectivity index (χ1n) is 18.0. The molecule has 0 N–H and O–H groups in total. The summed E-state index contributed by atoms with van der Waals surface area (Å²) in [7, 11) is 0. The van der Waals surface area contributed by atoms with Crippen molar-refractivity contribution in [3.8, 4) is 33.6 Å². The average molecular weight is 676 g/mol. The summed E-state index contributed by atoms with van der Waals surface area (Å²) in [6.07, 6.45) is 0. The van der Waals surface area contributed by atoms with E-state index in [0.29, 0.717) is 0 Å². The molecule has 0 aliphatic heterocycles. The second-order valence-corrected chi connectivity index (χ2v) is 13.4. The van der Waals surface area contributed by atoms with Crippen LogP contribution in [0.1, 0.15) is 0 Å². The van der Waals surface area contributed by atoms with E-state index in [1.165, 1.54) is 21.9 Å². The minimum absolute atomic E-state index is 0.871. The van der Waals surface area contributed by atoms with Crippen LogP contribution in [0.25, 0.3) is 77.0 Å². The Hall–Kier alpha value is -7.10. The highest BCUT2D eigenvalue weighted by Crippen LogP contribution is 2.43. The lowest BCUT2D eigenvalue weighted by Gasteiger charge is -2.28. The quantitative estimate of drug-likeness (QED) is 0.164. The summed E-state index contributed by atoms with van der Waals surface area (Å²) in [5, 5.41) is 6.91. The Labute approximate surface area is 308 Å². The van der Waals surface area contributed by atoms with Crippen LogP contribution in [0, 0.1) is 0 Å². The number of hydrogen-bond acceptors (Lipinski definition) is 3. The van der Waals surface area contributed by atoms with Crippen molar-refractivity contribution in [1.29, 1.82) is 0 Å². The zero-order valence-corrected chi connectivity index (χ0v) is 28.9. The molecule has 0 aliphatic carbocycles.